The number of allylic oxidation sites excluding steroid dienone is 2. The predicted octanol–water partition coefficient (Wildman–Crippen LogP) is 3.64. The molecule has 0 aromatic heterocycles. The van der Waals surface area contributed by atoms with Crippen molar-refractivity contribution in [2.24, 2.45) is 0 Å². The van der Waals surface area contributed by atoms with Crippen molar-refractivity contribution in [1.82, 2.24) is 5.32 Å². The number of amides is 1. The maximum atomic E-state index is 13.0. The van der Waals surface area contributed by atoms with E-state index in [1.807, 2.05) is 36.4 Å². The lowest BCUT2D eigenvalue weighted by atomic mass is 10.2. The highest BCUT2D eigenvalue weighted by Gasteiger charge is 2.31. The molecule has 2 aromatic rings. The Bertz CT molecular complexity index is 798. The number of anilines is 1. The van der Waals surface area contributed by atoms with Crippen LogP contribution >= 0.6 is 12.2 Å². The van der Waals surface area contributed by atoms with E-state index >= 15 is 0 Å². The number of carbonyl (C=O) groups excluding carboxylic acids is 1. The van der Waals surface area contributed by atoms with Gasteiger partial charge in [0.2, 0.25) is 0 Å². The number of rotatable bonds is 3. The van der Waals surface area contributed by atoms with Crippen molar-refractivity contribution in [2.75, 3.05) is 4.90 Å². The zero-order valence-electron chi connectivity index (χ0n) is 12.1. The molecule has 2 aromatic carbocycles. The van der Waals surface area contributed by atoms with Gasteiger partial charge in [0.05, 0.1) is 5.69 Å². The lowest BCUT2D eigenvalue weighted by Crippen LogP contribution is -2.30. The van der Waals surface area contributed by atoms with Crippen LogP contribution in [-0.4, -0.2) is 11.0 Å². The quantitative estimate of drug-likeness (QED) is 0.691. The molecule has 3 nitrogen and oxygen atoms in total. The monoisotopic (exact) mass is 324 g/mol. The summed E-state index contributed by atoms with van der Waals surface area (Å²) in [5, 5.41) is 3.16. The van der Waals surface area contributed by atoms with E-state index in [0.29, 0.717) is 11.4 Å². The summed E-state index contributed by atoms with van der Waals surface area (Å²) in [7, 11) is 0. The van der Waals surface area contributed by atoms with Gasteiger partial charge in [0, 0.05) is 0 Å². The van der Waals surface area contributed by atoms with Gasteiger partial charge in [-0.2, -0.15) is 0 Å². The van der Waals surface area contributed by atoms with E-state index in [0.717, 1.165) is 5.56 Å². The molecule has 0 unspecified atom stereocenters. The Balaban J connectivity index is 1.79. The van der Waals surface area contributed by atoms with Gasteiger partial charge in [-0.05, 0) is 48.1 Å². The third kappa shape index (κ3) is 3.35. The van der Waals surface area contributed by atoms with E-state index in [9.17, 15) is 9.18 Å². The van der Waals surface area contributed by atoms with Gasteiger partial charge in [0.25, 0.3) is 5.91 Å². The normalized spacial score (nSPS) is 16.4. The van der Waals surface area contributed by atoms with Crippen molar-refractivity contribution in [3.8, 4) is 0 Å². The minimum Gasteiger partial charge on any atom is -0.327 e. The molecule has 0 atom stereocenters. The molecule has 23 heavy (non-hydrogen) atoms. The summed E-state index contributed by atoms with van der Waals surface area (Å²) in [5.41, 5.74) is 1.95. The zero-order chi connectivity index (χ0) is 16.2. The Morgan fingerprint density at radius 2 is 1.74 bits per heavy atom. The number of nitrogens with one attached hydrogen (secondary N) is 1. The van der Waals surface area contributed by atoms with Crippen molar-refractivity contribution < 1.29 is 9.18 Å². The molecule has 5 heteroatoms. The first-order valence-corrected chi connectivity index (χ1v) is 7.40. The molecule has 114 valence electrons. The second-order valence-electron chi connectivity index (χ2n) is 4.90. The van der Waals surface area contributed by atoms with E-state index in [1.54, 1.807) is 12.2 Å². The highest BCUT2D eigenvalue weighted by atomic mass is 32.1. The molecule has 0 radical (unpaired) electrons. The predicted molar refractivity (Wildman–Crippen MR) is 93.2 cm³/mol. The van der Waals surface area contributed by atoms with Crippen molar-refractivity contribution in [2.45, 2.75) is 0 Å². The molecule has 1 heterocycles. The summed E-state index contributed by atoms with van der Waals surface area (Å²) in [6.45, 7) is 0. The molecule has 1 amide bonds. The van der Waals surface area contributed by atoms with E-state index < -0.39 is 0 Å². The van der Waals surface area contributed by atoms with Crippen LogP contribution in [0.3, 0.4) is 0 Å². The Hall–Kier alpha value is -2.79. The fourth-order valence-electron chi connectivity index (χ4n) is 2.19. The molecule has 1 aliphatic heterocycles. The molecule has 1 fully saturated rings. The number of carbonyl (C=O) groups is 1. The Kier molecular flexibility index (Phi) is 4.30. The van der Waals surface area contributed by atoms with Crippen molar-refractivity contribution in [1.29, 1.82) is 0 Å². The van der Waals surface area contributed by atoms with Gasteiger partial charge >= 0.3 is 0 Å². The van der Waals surface area contributed by atoms with Gasteiger partial charge in [-0.3, -0.25) is 9.69 Å². The summed E-state index contributed by atoms with van der Waals surface area (Å²) >= 11 is 5.19. The summed E-state index contributed by atoms with van der Waals surface area (Å²) in [5.74, 6) is -0.625. The summed E-state index contributed by atoms with van der Waals surface area (Å²) in [4.78, 5) is 13.8. The maximum absolute atomic E-state index is 13.0. The van der Waals surface area contributed by atoms with Crippen molar-refractivity contribution in [3.05, 3.63) is 83.8 Å². The average Bonchev–Trinajstić information content (AvgIpc) is 2.84. The highest BCUT2D eigenvalue weighted by Crippen LogP contribution is 2.21. The smallest absolute Gasteiger partial charge is 0.281 e. The van der Waals surface area contributed by atoms with Crippen LogP contribution in [0.2, 0.25) is 0 Å². The third-order valence-electron chi connectivity index (χ3n) is 3.31. The number of halogens is 1. The molecule has 3 rings (SSSR count). The first-order chi connectivity index (χ1) is 11.1. The molecule has 1 aliphatic rings. The SMILES string of the molecule is O=C1/C(=C\C=C\c2ccccc2)NC(=S)N1c1ccc(F)cc1. The summed E-state index contributed by atoms with van der Waals surface area (Å²) < 4.78 is 13.0. The molecule has 0 bridgehead atoms. The molecule has 1 N–H and O–H groups in total. The fraction of sp³-hybridized carbons (Fsp3) is 0. The van der Waals surface area contributed by atoms with Crippen LogP contribution in [-0.2, 0) is 4.79 Å². The third-order valence-corrected chi connectivity index (χ3v) is 3.60. The van der Waals surface area contributed by atoms with Gasteiger partial charge in [0.15, 0.2) is 5.11 Å². The zero-order valence-corrected chi connectivity index (χ0v) is 12.9. The molecular weight excluding hydrogens is 311 g/mol. The van der Waals surface area contributed by atoms with Crippen LogP contribution in [0.5, 0.6) is 0 Å². The minimum absolute atomic E-state index is 0.265. The number of nitrogens with zero attached hydrogens (tertiary/aromatic N) is 1. The van der Waals surface area contributed by atoms with Gasteiger partial charge in [-0.25, -0.2) is 4.39 Å². The van der Waals surface area contributed by atoms with Crippen LogP contribution < -0.4 is 10.2 Å². The lowest BCUT2D eigenvalue weighted by molar-refractivity contribution is -0.113. The molecular formula is C18H13FN2OS. The van der Waals surface area contributed by atoms with E-state index in [4.69, 9.17) is 12.2 Å². The van der Waals surface area contributed by atoms with Crippen LogP contribution in [0.1, 0.15) is 5.56 Å². The van der Waals surface area contributed by atoms with E-state index in [-0.39, 0.29) is 16.8 Å². The number of benzene rings is 2. The van der Waals surface area contributed by atoms with Gasteiger partial charge in [-0.15, -0.1) is 0 Å². The Labute approximate surface area is 138 Å². The minimum atomic E-state index is -0.360. The second-order valence-corrected chi connectivity index (χ2v) is 5.28. The second kappa shape index (κ2) is 6.54. The topological polar surface area (TPSA) is 32.3 Å². The fourth-order valence-corrected chi connectivity index (χ4v) is 2.49. The van der Waals surface area contributed by atoms with E-state index in [2.05, 4.69) is 5.32 Å². The number of hydrogen-bond donors (Lipinski definition) is 1. The Morgan fingerprint density at radius 3 is 2.43 bits per heavy atom. The molecule has 0 saturated carbocycles. The molecule has 0 aliphatic carbocycles. The summed E-state index contributed by atoms with van der Waals surface area (Å²) in [6, 6.07) is 15.4. The average molecular weight is 324 g/mol. The van der Waals surface area contributed by atoms with Gasteiger partial charge in [-0.1, -0.05) is 42.5 Å². The summed E-state index contributed by atoms with van der Waals surface area (Å²) in [6.07, 6.45) is 5.35. The molecule has 0 spiro atoms. The first kappa shape index (κ1) is 15.1. The van der Waals surface area contributed by atoms with Crippen molar-refractivity contribution >= 4 is 35.0 Å². The first-order valence-electron chi connectivity index (χ1n) is 6.99. The number of thiocarbonyl (C=S) groups is 1. The van der Waals surface area contributed by atoms with Crippen LogP contribution in [0, 0.1) is 5.82 Å². The lowest BCUT2D eigenvalue weighted by Gasteiger charge is -2.13. The van der Waals surface area contributed by atoms with Crippen LogP contribution in [0.15, 0.2) is 72.4 Å². The number of hydrogen-bond acceptors (Lipinski definition) is 2. The molecule has 1 saturated heterocycles. The Morgan fingerprint density at radius 1 is 1.04 bits per heavy atom. The maximum Gasteiger partial charge on any atom is 0.281 e. The largest absolute Gasteiger partial charge is 0.327 e. The van der Waals surface area contributed by atoms with Gasteiger partial charge < -0.3 is 5.32 Å². The highest BCUT2D eigenvalue weighted by molar-refractivity contribution is 7.80. The standard InChI is InChI=1S/C18H13FN2OS/c19-14-9-11-15(12-10-14)21-17(22)16(20-18(21)23)8-4-7-13-5-2-1-3-6-13/h1-12H,(H,20,23)/b7-4+,16-8+. The van der Waals surface area contributed by atoms with Crippen molar-refractivity contribution in [3.63, 3.8) is 0 Å². The van der Waals surface area contributed by atoms with Crippen LogP contribution in [0.4, 0.5) is 10.1 Å². The van der Waals surface area contributed by atoms with Gasteiger partial charge in [0.1, 0.15) is 11.5 Å². The van der Waals surface area contributed by atoms with E-state index in [1.165, 1.54) is 29.2 Å². The van der Waals surface area contributed by atoms with Crippen LogP contribution in [0.25, 0.3) is 6.08 Å².